The van der Waals surface area contributed by atoms with Crippen LogP contribution >= 0.6 is 15.9 Å². The molecule has 82 valence electrons. The fraction of sp³-hybridized carbons (Fsp3) is 0.727. The van der Waals surface area contributed by atoms with Crippen LogP contribution in [0.2, 0.25) is 0 Å². The maximum absolute atomic E-state index is 5.95. The zero-order chi connectivity index (χ0) is 10.6. The zero-order valence-electron chi connectivity index (χ0n) is 9.03. The van der Waals surface area contributed by atoms with Gasteiger partial charge in [-0.3, -0.25) is 4.68 Å². The van der Waals surface area contributed by atoms with Gasteiger partial charge < -0.3 is 4.74 Å². The van der Waals surface area contributed by atoms with Crippen LogP contribution in [0.1, 0.15) is 31.9 Å². The summed E-state index contributed by atoms with van der Waals surface area (Å²) in [5.74, 6) is 0.803. The predicted molar refractivity (Wildman–Crippen MR) is 60.5 cm³/mol. The number of rotatable bonds is 1. The highest BCUT2D eigenvalue weighted by atomic mass is 79.9. The SMILES string of the molecule is C[C@@H]1CC[C@]2(c3c(Br)cnn3C)O[C@H]2C1. The van der Waals surface area contributed by atoms with Crippen molar-refractivity contribution in [2.75, 3.05) is 0 Å². The van der Waals surface area contributed by atoms with Gasteiger partial charge in [0.2, 0.25) is 0 Å². The van der Waals surface area contributed by atoms with E-state index in [9.17, 15) is 0 Å². The van der Waals surface area contributed by atoms with Crippen LogP contribution in [0, 0.1) is 5.92 Å². The van der Waals surface area contributed by atoms with E-state index in [1.807, 2.05) is 17.9 Å². The van der Waals surface area contributed by atoms with Crippen molar-refractivity contribution in [3.63, 3.8) is 0 Å². The van der Waals surface area contributed by atoms with Gasteiger partial charge in [-0.15, -0.1) is 0 Å². The molecule has 0 N–H and O–H groups in total. The summed E-state index contributed by atoms with van der Waals surface area (Å²) < 4.78 is 8.98. The smallest absolute Gasteiger partial charge is 0.137 e. The molecular weight excluding hydrogens is 256 g/mol. The van der Waals surface area contributed by atoms with Gasteiger partial charge in [0.05, 0.1) is 22.5 Å². The monoisotopic (exact) mass is 270 g/mol. The number of epoxide rings is 1. The fourth-order valence-corrected chi connectivity index (χ4v) is 3.52. The molecule has 2 aliphatic rings. The molecule has 0 spiro atoms. The summed E-state index contributed by atoms with van der Waals surface area (Å²) >= 11 is 3.57. The minimum Gasteiger partial charge on any atom is -0.359 e. The van der Waals surface area contributed by atoms with E-state index in [-0.39, 0.29) is 5.60 Å². The largest absolute Gasteiger partial charge is 0.359 e. The van der Waals surface area contributed by atoms with E-state index < -0.39 is 0 Å². The summed E-state index contributed by atoms with van der Waals surface area (Å²) in [4.78, 5) is 0. The van der Waals surface area contributed by atoms with Crippen LogP contribution in [-0.4, -0.2) is 15.9 Å². The Balaban J connectivity index is 1.96. The Labute approximate surface area is 97.9 Å². The Hall–Kier alpha value is -0.350. The number of aryl methyl sites for hydroxylation is 1. The normalized spacial score (nSPS) is 38.9. The maximum Gasteiger partial charge on any atom is 0.137 e. The Bertz CT molecular complexity index is 384. The second kappa shape index (κ2) is 3.08. The van der Waals surface area contributed by atoms with Crippen molar-refractivity contribution in [3.05, 3.63) is 16.4 Å². The van der Waals surface area contributed by atoms with Crippen LogP contribution in [0.5, 0.6) is 0 Å². The van der Waals surface area contributed by atoms with Gasteiger partial charge in [0.15, 0.2) is 0 Å². The zero-order valence-corrected chi connectivity index (χ0v) is 10.6. The molecule has 3 nitrogen and oxygen atoms in total. The summed E-state index contributed by atoms with van der Waals surface area (Å²) in [6.07, 6.45) is 5.87. The second-order valence-corrected chi connectivity index (χ2v) is 5.69. The molecule has 0 amide bonds. The third kappa shape index (κ3) is 1.31. The third-order valence-corrected chi connectivity index (χ3v) is 4.32. The minimum atomic E-state index is -0.0173. The summed E-state index contributed by atoms with van der Waals surface area (Å²) in [7, 11) is 1.99. The van der Waals surface area contributed by atoms with Crippen LogP contribution in [0.4, 0.5) is 0 Å². The number of aromatic nitrogens is 2. The first-order valence-electron chi connectivity index (χ1n) is 5.49. The van der Waals surface area contributed by atoms with Crippen LogP contribution < -0.4 is 0 Å². The highest BCUT2D eigenvalue weighted by molar-refractivity contribution is 9.10. The second-order valence-electron chi connectivity index (χ2n) is 4.84. The van der Waals surface area contributed by atoms with Crippen molar-refractivity contribution in [2.24, 2.45) is 13.0 Å². The topological polar surface area (TPSA) is 30.4 Å². The number of nitrogens with zero attached hydrogens (tertiary/aromatic N) is 2. The molecule has 0 unspecified atom stereocenters. The van der Waals surface area contributed by atoms with Crippen molar-refractivity contribution < 1.29 is 4.74 Å². The fourth-order valence-electron chi connectivity index (χ4n) is 2.84. The number of ether oxygens (including phenoxy) is 1. The lowest BCUT2D eigenvalue weighted by Gasteiger charge is -2.22. The van der Waals surface area contributed by atoms with E-state index >= 15 is 0 Å². The van der Waals surface area contributed by atoms with Crippen LogP contribution in [-0.2, 0) is 17.4 Å². The van der Waals surface area contributed by atoms with Crippen molar-refractivity contribution in [1.29, 1.82) is 0 Å². The molecule has 1 saturated carbocycles. The van der Waals surface area contributed by atoms with Crippen molar-refractivity contribution in [3.8, 4) is 0 Å². The lowest BCUT2D eigenvalue weighted by molar-refractivity contribution is 0.272. The number of fused-ring (bicyclic) bond motifs is 1. The predicted octanol–water partition coefficient (Wildman–Crippen LogP) is 2.60. The summed E-state index contributed by atoms with van der Waals surface area (Å²) in [5.41, 5.74) is 1.20. The molecule has 0 aromatic carbocycles. The van der Waals surface area contributed by atoms with Gasteiger partial charge in [0.1, 0.15) is 5.60 Å². The van der Waals surface area contributed by atoms with Crippen LogP contribution in [0.15, 0.2) is 10.7 Å². The van der Waals surface area contributed by atoms with E-state index in [0.717, 1.165) is 16.8 Å². The average molecular weight is 271 g/mol. The first kappa shape index (κ1) is 9.85. The van der Waals surface area contributed by atoms with Crippen LogP contribution in [0.25, 0.3) is 0 Å². The lowest BCUT2D eigenvalue weighted by atomic mass is 9.81. The van der Waals surface area contributed by atoms with Gasteiger partial charge in [0.25, 0.3) is 0 Å². The van der Waals surface area contributed by atoms with E-state index in [1.165, 1.54) is 18.5 Å². The molecule has 0 radical (unpaired) electrons. The molecule has 1 aromatic rings. The molecule has 4 heteroatoms. The molecule has 15 heavy (non-hydrogen) atoms. The number of halogens is 1. The molecule has 0 bridgehead atoms. The Morgan fingerprint density at radius 1 is 1.67 bits per heavy atom. The average Bonchev–Trinajstić information content (AvgIpc) is 2.79. The molecule has 1 aliphatic heterocycles. The molecule has 1 aliphatic carbocycles. The number of hydrogen-bond donors (Lipinski definition) is 0. The van der Waals surface area contributed by atoms with Crippen molar-refractivity contribution in [1.82, 2.24) is 9.78 Å². The van der Waals surface area contributed by atoms with Gasteiger partial charge in [-0.2, -0.15) is 5.10 Å². The summed E-state index contributed by atoms with van der Waals surface area (Å²) in [6, 6.07) is 0. The lowest BCUT2D eigenvalue weighted by Crippen LogP contribution is -2.24. The third-order valence-electron chi connectivity index (χ3n) is 3.74. The molecule has 3 atom stereocenters. The summed E-state index contributed by atoms with van der Waals surface area (Å²) in [6.45, 7) is 2.31. The van der Waals surface area contributed by atoms with Gasteiger partial charge >= 0.3 is 0 Å². The van der Waals surface area contributed by atoms with Crippen LogP contribution in [0.3, 0.4) is 0 Å². The molecule has 1 saturated heterocycles. The van der Waals surface area contributed by atoms with Crippen molar-refractivity contribution >= 4 is 15.9 Å². The maximum atomic E-state index is 5.95. The Morgan fingerprint density at radius 2 is 2.47 bits per heavy atom. The molecule has 2 fully saturated rings. The van der Waals surface area contributed by atoms with Gasteiger partial charge in [0, 0.05) is 7.05 Å². The standard InChI is InChI=1S/C11H15BrN2O/c1-7-3-4-11(9(5-7)15-11)10-8(12)6-13-14(10)2/h6-7,9H,3-5H2,1-2H3/t7-,9+,11+/m1/s1. The molecule has 1 aromatic heterocycles. The first-order chi connectivity index (χ1) is 7.13. The van der Waals surface area contributed by atoms with Crippen molar-refractivity contribution in [2.45, 2.75) is 37.9 Å². The summed E-state index contributed by atoms with van der Waals surface area (Å²) in [5, 5.41) is 4.27. The minimum absolute atomic E-state index is 0.0173. The van der Waals surface area contributed by atoms with E-state index in [1.54, 1.807) is 0 Å². The van der Waals surface area contributed by atoms with E-state index in [0.29, 0.717) is 6.10 Å². The molecule has 3 rings (SSSR count). The van der Waals surface area contributed by atoms with Gasteiger partial charge in [-0.1, -0.05) is 6.92 Å². The Kier molecular flexibility index (Phi) is 2.02. The quantitative estimate of drug-likeness (QED) is 0.735. The van der Waals surface area contributed by atoms with Gasteiger partial charge in [-0.25, -0.2) is 0 Å². The highest BCUT2D eigenvalue weighted by Gasteiger charge is 2.61. The number of hydrogen-bond acceptors (Lipinski definition) is 2. The van der Waals surface area contributed by atoms with E-state index in [2.05, 4.69) is 28.0 Å². The molecular formula is C11H15BrN2O. The molecule has 2 heterocycles. The van der Waals surface area contributed by atoms with E-state index in [4.69, 9.17) is 4.74 Å². The Morgan fingerprint density at radius 3 is 3.07 bits per heavy atom. The van der Waals surface area contributed by atoms with Gasteiger partial charge in [-0.05, 0) is 41.1 Å². The first-order valence-corrected chi connectivity index (χ1v) is 6.28. The highest BCUT2D eigenvalue weighted by Crippen LogP contribution is 2.57.